The van der Waals surface area contributed by atoms with Crippen LogP contribution < -0.4 is 10.6 Å². The van der Waals surface area contributed by atoms with Gasteiger partial charge in [0.1, 0.15) is 15.9 Å². The normalized spacial score (nSPS) is 20.4. The molecule has 20 heavy (non-hydrogen) atoms. The molecule has 7 nitrogen and oxygen atoms in total. The van der Waals surface area contributed by atoms with E-state index in [-0.39, 0.29) is 23.5 Å². The van der Waals surface area contributed by atoms with Crippen molar-refractivity contribution in [3.8, 4) is 0 Å². The average molecular weight is 306 g/mol. The first-order valence-electron chi connectivity index (χ1n) is 6.70. The number of carboxylic acid groups (broad SMARTS) is 1. The van der Waals surface area contributed by atoms with Crippen molar-refractivity contribution in [2.75, 3.05) is 11.5 Å². The van der Waals surface area contributed by atoms with Crippen LogP contribution in [0.2, 0.25) is 0 Å². The minimum atomic E-state index is -2.97. The molecule has 0 radical (unpaired) electrons. The second-order valence-corrected chi connectivity index (χ2v) is 7.87. The number of carbonyl (C=O) groups is 2. The zero-order valence-electron chi connectivity index (χ0n) is 11.8. The molecule has 1 aliphatic rings. The molecule has 3 N–H and O–H groups in total. The van der Waals surface area contributed by atoms with E-state index in [4.69, 9.17) is 5.11 Å². The SMILES string of the molecule is CC(C)C[C@@H](NC(=O)NC1CCS(=O)(=O)CC1)C(=O)O. The molecule has 1 heterocycles. The third-order valence-corrected chi connectivity index (χ3v) is 4.92. The van der Waals surface area contributed by atoms with Crippen LogP contribution in [-0.4, -0.2) is 49.1 Å². The lowest BCUT2D eigenvalue weighted by atomic mass is 10.0. The molecule has 0 aromatic rings. The van der Waals surface area contributed by atoms with Gasteiger partial charge in [0.15, 0.2) is 0 Å². The summed E-state index contributed by atoms with van der Waals surface area (Å²) in [5, 5.41) is 14.1. The average Bonchev–Trinajstić information content (AvgIpc) is 2.30. The van der Waals surface area contributed by atoms with Crippen LogP contribution >= 0.6 is 0 Å². The number of hydrogen-bond acceptors (Lipinski definition) is 4. The molecule has 1 atom stereocenters. The third-order valence-electron chi connectivity index (χ3n) is 3.20. The summed E-state index contributed by atoms with van der Waals surface area (Å²) in [7, 11) is -2.97. The Hall–Kier alpha value is -1.31. The highest BCUT2D eigenvalue weighted by Crippen LogP contribution is 2.12. The monoisotopic (exact) mass is 306 g/mol. The molecule has 0 aromatic carbocycles. The van der Waals surface area contributed by atoms with Gasteiger partial charge in [-0.05, 0) is 25.2 Å². The molecule has 1 aliphatic heterocycles. The summed E-state index contributed by atoms with van der Waals surface area (Å²) in [5.41, 5.74) is 0. The molecule has 1 rings (SSSR count). The van der Waals surface area contributed by atoms with E-state index >= 15 is 0 Å². The second kappa shape index (κ2) is 6.92. The fraction of sp³-hybridized carbons (Fsp3) is 0.833. The lowest BCUT2D eigenvalue weighted by molar-refractivity contribution is -0.139. The number of carboxylic acids is 1. The molecule has 8 heteroatoms. The topological polar surface area (TPSA) is 113 Å². The lowest BCUT2D eigenvalue weighted by Crippen LogP contribution is -2.50. The molecule has 1 saturated heterocycles. The van der Waals surface area contributed by atoms with Gasteiger partial charge < -0.3 is 15.7 Å². The standard InChI is InChI=1S/C12H22N2O5S/c1-8(2)7-10(11(15)16)14-12(17)13-9-3-5-20(18,19)6-4-9/h8-10H,3-7H2,1-2H3,(H,15,16)(H2,13,14,17)/t10-/m1/s1. The van der Waals surface area contributed by atoms with Crippen molar-refractivity contribution in [1.82, 2.24) is 10.6 Å². The predicted molar refractivity (Wildman–Crippen MR) is 74.2 cm³/mol. The zero-order valence-corrected chi connectivity index (χ0v) is 12.6. The van der Waals surface area contributed by atoms with Crippen molar-refractivity contribution in [3.05, 3.63) is 0 Å². The Bertz CT molecular complexity index is 446. The van der Waals surface area contributed by atoms with Gasteiger partial charge >= 0.3 is 12.0 Å². The number of rotatable bonds is 5. The van der Waals surface area contributed by atoms with Crippen LogP contribution in [0.15, 0.2) is 0 Å². The highest BCUT2D eigenvalue weighted by molar-refractivity contribution is 7.91. The summed E-state index contributed by atoms with van der Waals surface area (Å²) in [6.45, 7) is 3.75. The smallest absolute Gasteiger partial charge is 0.326 e. The van der Waals surface area contributed by atoms with E-state index < -0.39 is 27.9 Å². The van der Waals surface area contributed by atoms with Crippen molar-refractivity contribution in [2.45, 2.75) is 45.2 Å². The van der Waals surface area contributed by atoms with Crippen LogP contribution in [0.5, 0.6) is 0 Å². The van der Waals surface area contributed by atoms with Gasteiger partial charge in [0.25, 0.3) is 0 Å². The Morgan fingerprint density at radius 1 is 1.25 bits per heavy atom. The molecule has 1 fully saturated rings. The van der Waals surface area contributed by atoms with Crippen LogP contribution in [0.4, 0.5) is 4.79 Å². The van der Waals surface area contributed by atoms with Crippen LogP contribution in [0, 0.1) is 5.92 Å². The largest absolute Gasteiger partial charge is 0.480 e. The predicted octanol–water partition coefficient (Wildman–Crippen LogP) is 0.362. The van der Waals surface area contributed by atoms with Gasteiger partial charge in [0, 0.05) is 6.04 Å². The number of aliphatic carboxylic acids is 1. The fourth-order valence-corrected chi connectivity index (χ4v) is 3.60. The maximum absolute atomic E-state index is 11.7. The highest BCUT2D eigenvalue weighted by Gasteiger charge is 2.26. The van der Waals surface area contributed by atoms with Crippen molar-refractivity contribution < 1.29 is 23.1 Å². The molecule has 0 aliphatic carbocycles. The molecular weight excluding hydrogens is 284 g/mol. The van der Waals surface area contributed by atoms with E-state index in [2.05, 4.69) is 10.6 Å². The van der Waals surface area contributed by atoms with E-state index in [1.807, 2.05) is 13.8 Å². The first kappa shape index (κ1) is 16.7. The molecule has 0 spiro atoms. The summed E-state index contributed by atoms with van der Waals surface area (Å²) in [6, 6.07) is -1.70. The number of nitrogens with one attached hydrogen (secondary N) is 2. The van der Waals surface area contributed by atoms with Crippen LogP contribution in [-0.2, 0) is 14.6 Å². The van der Waals surface area contributed by atoms with Gasteiger partial charge in [0.2, 0.25) is 0 Å². The van der Waals surface area contributed by atoms with E-state index in [1.165, 1.54) is 0 Å². The van der Waals surface area contributed by atoms with E-state index in [0.717, 1.165) is 0 Å². The number of hydrogen-bond donors (Lipinski definition) is 3. The van der Waals surface area contributed by atoms with Gasteiger partial charge in [0.05, 0.1) is 11.5 Å². The number of sulfone groups is 1. The summed E-state index contributed by atoms with van der Waals surface area (Å²) in [6.07, 6.45) is 1.09. The van der Waals surface area contributed by atoms with Crippen molar-refractivity contribution >= 4 is 21.8 Å². The fourth-order valence-electron chi connectivity index (χ4n) is 2.11. The number of amides is 2. The minimum absolute atomic E-state index is 0.0618. The van der Waals surface area contributed by atoms with E-state index in [9.17, 15) is 18.0 Å². The van der Waals surface area contributed by atoms with E-state index in [0.29, 0.717) is 19.3 Å². The molecule has 2 amide bonds. The highest BCUT2D eigenvalue weighted by atomic mass is 32.2. The first-order valence-corrected chi connectivity index (χ1v) is 8.52. The van der Waals surface area contributed by atoms with Gasteiger partial charge in [-0.25, -0.2) is 18.0 Å². The lowest BCUT2D eigenvalue weighted by Gasteiger charge is -2.24. The summed E-state index contributed by atoms with van der Waals surface area (Å²) in [5.74, 6) is -0.796. The third kappa shape index (κ3) is 5.77. The zero-order chi connectivity index (χ0) is 15.3. The molecule has 116 valence electrons. The maximum atomic E-state index is 11.7. The van der Waals surface area contributed by atoms with Gasteiger partial charge in [-0.15, -0.1) is 0 Å². The molecule has 0 unspecified atom stereocenters. The molecule has 0 saturated carbocycles. The Morgan fingerprint density at radius 3 is 2.25 bits per heavy atom. The Kier molecular flexibility index (Phi) is 5.79. The number of carbonyl (C=O) groups excluding carboxylic acids is 1. The van der Waals surface area contributed by atoms with Gasteiger partial charge in [-0.1, -0.05) is 13.8 Å². The number of urea groups is 1. The summed E-state index contributed by atoms with van der Waals surface area (Å²) in [4.78, 5) is 22.8. The van der Waals surface area contributed by atoms with Crippen molar-refractivity contribution in [2.24, 2.45) is 5.92 Å². The van der Waals surface area contributed by atoms with Gasteiger partial charge in [-0.2, -0.15) is 0 Å². The Balaban J connectivity index is 2.44. The molecule has 0 aromatic heterocycles. The van der Waals surface area contributed by atoms with Crippen molar-refractivity contribution in [1.29, 1.82) is 0 Å². The maximum Gasteiger partial charge on any atom is 0.326 e. The van der Waals surface area contributed by atoms with Crippen LogP contribution in [0.25, 0.3) is 0 Å². The van der Waals surface area contributed by atoms with Crippen molar-refractivity contribution in [3.63, 3.8) is 0 Å². The summed E-state index contributed by atoms with van der Waals surface area (Å²) >= 11 is 0. The quantitative estimate of drug-likeness (QED) is 0.679. The van der Waals surface area contributed by atoms with E-state index in [1.54, 1.807) is 0 Å². The van der Waals surface area contributed by atoms with Crippen LogP contribution in [0.3, 0.4) is 0 Å². The molecular formula is C12H22N2O5S. The Labute approximate surface area is 119 Å². The first-order chi connectivity index (χ1) is 9.19. The minimum Gasteiger partial charge on any atom is -0.480 e. The second-order valence-electron chi connectivity index (χ2n) is 5.56. The Morgan fingerprint density at radius 2 is 1.80 bits per heavy atom. The van der Waals surface area contributed by atoms with Gasteiger partial charge in [-0.3, -0.25) is 0 Å². The summed E-state index contributed by atoms with van der Waals surface area (Å²) < 4.78 is 22.5. The molecule has 0 bridgehead atoms. The van der Waals surface area contributed by atoms with Crippen LogP contribution in [0.1, 0.15) is 33.1 Å².